The Balaban J connectivity index is 1.06. The highest BCUT2D eigenvalue weighted by Gasteiger charge is 2.12. The number of hydrogen-bond acceptors (Lipinski definition) is 8. The Morgan fingerprint density at radius 1 is 0.481 bits per heavy atom. The van der Waals surface area contributed by atoms with Crippen molar-refractivity contribution < 1.29 is 28.5 Å². The van der Waals surface area contributed by atoms with Crippen molar-refractivity contribution in [1.29, 1.82) is 0 Å². The minimum atomic E-state index is -0.536. The minimum Gasteiger partial charge on any atom is -0.494 e. The molecule has 0 saturated heterocycles. The van der Waals surface area contributed by atoms with Gasteiger partial charge in [-0.25, -0.2) is 9.59 Å². The number of ether oxygens (including phenoxy) is 4. The summed E-state index contributed by atoms with van der Waals surface area (Å²) in [6.45, 7) is 5.78. The van der Waals surface area contributed by atoms with Crippen LogP contribution in [0.3, 0.4) is 0 Å². The highest BCUT2D eigenvalue weighted by Crippen LogP contribution is 2.23. The summed E-state index contributed by atoms with van der Waals surface area (Å²) in [4.78, 5) is 34.8. The van der Waals surface area contributed by atoms with Gasteiger partial charge in [-0.15, -0.1) is 0 Å². The molecule has 0 aliphatic heterocycles. The first kappa shape index (κ1) is 39.2. The Bertz CT molecular complexity index is 1950. The third kappa shape index (κ3) is 13.2. The van der Waals surface area contributed by atoms with Crippen LogP contribution >= 0.6 is 0 Å². The van der Waals surface area contributed by atoms with E-state index in [1.807, 2.05) is 48.5 Å². The molecule has 54 heavy (non-hydrogen) atoms. The number of carbonyl (C=O) groups is 2. The molecule has 0 unspecified atom stereocenters. The van der Waals surface area contributed by atoms with Gasteiger partial charge < -0.3 is 18.9 Å². The van der Waals surface area contributed by atoms with E-state index in [0.29, 0.717) is 17.7 Å². The van der Waals surface area contributed by atoms with Crippen LogP contribution in [0, 0.1) is 0 Å². The summed E-state index contributed by atoms with van der Waals surface area (Å²) in [7, 11) is 0. The molecule has 0 radical (unpaired) electrons. The molecule has 0 saturated carbocycles. The summed E-state index contributed by atoms with van der Waals surface area (Å²) in [6, 6.07) is 35.6. The van der Waals surface area contributed by atoms with E-state index in [9.17, 15) is 9.59 Å². The van der Waals surface area contributed by atoms with Gasteiger partial charge >= 0.3 is 11.9 Å². The van der Waals surface area contributed by atoms with Crippen LogP contribution in [-0.4, -0.2) is 37.6 Å². The fraction of sp³-hybridized carbons (Fsp3) is 0.261. The van der Waals surface area contributed by atoms with E-state index in [1.165, 1.54) is 38.2 Å². The molecule has 0 bridgehead atoms. The maximum atomic E-state index is 12.9. The second kappa shape index (κ2) is 21.5. The normalized spacial score (nSPS) is 11.1. The van der Waals surface area contributed by atoms with E-state index in [1.54, 1.807) is 79.2 Å². The molecule has 0 amide bonds. The minimum absolute atomic E-state index is 0.252. The fourth-order valence-electron chi connectivity index (χ4n) is 5.31. The Labute approximate surface area is 318 Å². The molecule has 8 heteroatoms. The third-order valence-electron chi connectivity index (χ3n) is 8.45. The zero-order valence-corrected chi connectivity index (χ0v) is 31.1. The molecule has 5 aromatic rings. The van der Waals surface area contributed by atoms with Crippen molar-refractivity contribution in [2.75, 3.05) is 13.2 Å². The summed E-state index contributed by atoms with van der Waals surface area (Å²) in [6.07, 6.45) is 13.0. The molecule has 0 fully saturated rings. The summed E-state index contributed by atoms with van der Waals surface area (Å²) < 4.78 is 22.7. The van der Waals surface area contributed by atoms with Gasteiger partial charge in [0.05, 0.1) is 35.7 Å². The van der Waals surface area contributed by atoms with Crippen LogP contribution < -0.4 is 18.9 Å². The predicted molar refractivity (Wildman–Crippen MR) is 216 cm³/mol. The van der Waals surface area contributed by atoms with Crippen molar-refractivity contribution in [3.05, 3.63) is 144 Å². The predicted octanol–water partition coefficient (Wildman–Crippen LogP) is 11.5. The van der Waals surface area contributed by atoms with Crippen molar-refractivity contribution in [2.45, 2.75) is 65.2 Å². The van der Waals surface area contributed by atoms with Crippen molar-refractivity contribution in [2.24, 2.45) is 9.98 Å². The number of benzene rings is 5. The smallest absolute Gasteiger partial charge is 0.343 e. The largest absolute Gasteiger partial charge is 0.494 e. The molecular weight excluding hydrogens is 677 g/mol. The monoisotopic (exact) mass is 724 g/mol. The van der Waals surface area contributed by atoms with Crippen LogP contribution in [0.5, 0.6) is 23.0 Å². The molecule has 8 nitrogen and oxygen atoms in total. The molecule has 0 aliphatic carbocycles. The first-order valence-corrected chi connectivity index (χ1v) is 18.8. The van der Waals surface area contributed by atoms with Crippen molar-refractivity contribution in [1.82, 2.24) is 0 Å². The third-order valence-corrected chi connectivity index (χ3v) is 8.45. The van der Waals surface area contributed by atoms with Gasteiger partial charge in [-0.1, -0.05) is 82.7 Å². The standard InChI is InChI=1S/C46H48N2O6/c1-3-5-7-8-9-10-31-52-42-28-24-40(25-29-42)48-34-36-16-20-38(21-17-36)46(50)54-44-13-11-12-43(32-44)53-45(49)37-18-14-35(15-19-37)33-47-39-22-26-41(27-23-39)51-30-6-4-2/h11-29,32-34H,3-10,30-31H2,1-2H3. The number of esters is 2. The number of aliphatic imine (C=N–C) groups is 2. The van der Waals surface area contributed by atoms with E-state index in [0.717, 1.165) is 59.9 Å². The first-order chi connectivity index (χ1) is 26.5. The summed E-state index contributed by atoms with van der Waals surface area (Å²) >= 11 is 0. The molecular formula is C46H48N2O6. The maximum absolute atomic E-state index is 12.9. The lowest BCUT2D eigenvalue weighted by atomic mass is 10.1. The van der Waals surface area contributed by atoms with Crippen LogP contribution in [0.25, 0.3) is 0 Å². The van der Waals surface area contributed by atoms with E-state index < -0.39 is 11.9 Å². The second-order valence-electron chi connectivity index (χ2n) is 12.8. The molecule has 0 heterocycles. The molecule has 278 valence electrons. The Morgan fingerprint density at radius 3 is 1.37 bits per heavy atom. The lowest BCUT2D eigenvalue weighted by Crippen LogP contribution is -2.10. The fourth-order valence-corrected chi connectivity index (χ4v) is 5.31. The van der Waals surface area contributed by atoms with E-state index in [-0.39, 0.29) is 11.5 Å². The zero-order valence-electron chi connectivity index (χ0n) is 31.1. The Kier molecular flexibility index (Phi) is 15.6. The quantitative estimate of drug-likeness (QED) is 0.0343. The number of unbranched alkanes of at least 4 members (excludes halogenated alkanes) is 6. The topological polar surface area (TPSA) is 95.8 Å². The number of rotatable bonds is 20. The van der Waals surface area contributed by atoms with Gasteiger partial charge in [0.15, 0.2) is 0 Å². The van der Waals surface area contributed by atoms with Gasteiger partial charge in [0.2, 0.25) is 0 Å². The number of nitrogens with zero attached hydrogens (tertiary/aromatic N) is 2. The molecule has 5 aromatic carbocycles. The van der Waals surface area contributed by atoms with Gasteiger partial charge in [-0.05, 0) is 109 Å². The van der Waals surface area contributed by atoms with Crippen LogP contribution in [-0.2, 0) is 0 Å². The molecule has 0 aliphatic rings. The van der Waals surface area contributed by atoms with Crippen LogP contribution in [0.2, 0.25) is 0 Å². The zero-order chi connectivity index (χ0) is 37.8. The summed E-state index contributed by atoms with van der Waals surface area (Å²) in [5.74, 6) is 1.10. The lowest BCUT2D eigenvalue weighted by Gasteiger charge is -2.08. The molecule has 5 rings (SSSR count). The Hall–Kier alpha value is -6.02. The van der Waals surface area contributed by atoms with Gasteiger partial charge in [-0.3, -0.25) is 9.98 Å². The Morgan fingerprint density at radius 2 is 0.907 bits per heavy atom. The van der Waals surface area contributed by atoms with Crippen LogP contribution in [0.4, 0.5) is 11.4 Å². The van der Waals surface area contributed by atoms with E-state index in [2.05, 4.69) is 23.8 Å². The van der Waals surface area contributed by atoms with Crippen LogP contribution in [0.15, 0.2) is 131 Å². The first-order valence-electron chi connectivity index (χ1n) is 18.8. The van der Waals surface area contributed by atoms with Crippen LogP contribution in [0.1, 0.15) is 97.1 Å². The molecule has 0 aromatic heterocycles. The van der Waals surface area contributed by atoms with Crippen molar-refractivity contribution >= 4 is 35.7 Å². The van der Waals surface area contributed by atoms with Gasteiger partial charge in [0.25, 0.3) is 0 Å². The van der Waals surface area contributed by atoms with Gasteiger partial charge in [-0.2, -0.15) is 0 Å². The van der Waals surface area contributed by atoms with E-state index >= 15 is 0 Å². The number of hydrogen-bond donors (Lipinski definition) is 0. The molecule has 0 atom stereocenters. The highest BCUT2D eigenvalue weighted by atomic mass is 16.5. The molecule has 0 spiro atoms. The van der Waals surface area contributed by atoms with Gasteiger partial charge in [0, 0.05) is 18.5 Å². The summed E-state index contributed by atoms with van der Waals surface area (Å²) in [5.41, 5.74) is 4.01. The van der Waals surface area contributed by atoms with Gasteiger partial charge in [0.1, 0.15) is 23.0 Å². The van der Waals surface area contributed by atoms with E-state index in [4.69, 9.17) is 18.9 Å². The summed E-state index contributed by atoms with van der Waals surface area (Å²) in [5, 5.41) is 0. The number of carbonyl (C=O) groups excluding carboxylic acids is 2. The highest BCUT2D eigenvalue weighted by molar-refractivity contribution is 5.93. The average Bonchev–Trinajstić information content (AvgIpc) is 3.20. The average molecular weight is 725 g/mol. The van der Waals surface area contributed by atoms with Crippen molar-refractivity contribution in [3.8, 4) is 23.0 Å². The van der Waals surface area contributed by atoms with Crippen molar-refractivity contribution in [3.63, 3.8) is 0 Å². The lowest BCUT2D eigenvalue weighted by molar-refractivity contribution is 0.0733. The second-order valence-corrected chi connectivity index (χ2v) is 12.8. The SMILES string of the molecule is CCCCCCCCOc1ccc(N=Cc2ccc(C(=O)Oc3cccc(OC(=O)c4ccc(C=Nc5ccc(OCCCC)cc5)cc4)c3)cc2)cc1. The maximum Gasteiger partial charge on any atom is 0.343 e. The molecule has 0 N–H and O–H groups in total.